The number of phosphoric ester groups is 6. The molecule has 0 aromatic carbocycles. The predicted molar refractivity (Wildman–Crippen MR) is 409 cm³/mol. The number of imidazole rings is 3. The van der Waals surface area contributed by atoms with Gasteiger partial charge in [0.1, 0.15) is 122 Å². The molecule has 67 heteroatoms. The molecular formula is C58H77N23O38P6. The molecule has 0 amide bonds. The lowest BCUT2D eigenvalue weighted by atomic mass is 10.2. The molecule has 0 aliphatic carbocycles. The summed E-state index contributed by atoms with van der Waals surface area (Å²) in [7, 11) is -31.0. The lowest BCUT2D eigenvalue weighted by Gasteiger charge is -2.24. The standard InChI is InChI=1S/C30H38N15O18P3.C28H39N8O20P3/c31-23-20-24(35-7-34-23)43(8-36-20)17-1-11(46)14(59-17)4-57-65(52,53)63-13-3-19(45-10-38-22-26(45)40-30(33)42-28(22)48)61-16(13)6-58-66(54,55)62-12-2-18(60-15(12)5-56-64(49,50)51)44-9-37-21-25(44)39-29(32)41-27(21)47;1-13-9-36(28(41)33-25(13)38)24-8-16(18(54-24)11-49-57(42,43)44)56-59(47,48)51-12-19-15(7-23(53-19)35-5-3-21(30)32-27(35)40)55-58(45,46)50-10-17-14(37)6-22(52-17)34-4-2-20(29)31-26(34)39/h7-19,46H,1-6H2,(H,52,53)(H,54,55)(H2,31,34,35)(H2,49,50,51)(H3,32,39,41,47)(H3,33,40,42,48);2-5,9,14-19,22-24,37H,6-8,10-12H2,1H3,(H,45,46)(H,47,48)(H2,29,31,39)(H2,30,32,40)(H,33,38,41)(H2,42,43,44)/t11-,12-,13-,14+,15+,16+,17+,18+,19+;14-,15-,16-,17+,18+,19+,22+,23+,24+/m00/s1. The second-order valence-electron chi connectivity index (χ2n) is 28.2. The topological polar surface area (TPSA) is 878 Å². The molecule has 6 aliphatic heterocycles. The number of ether oxygens (including phenoxy) is 6. The Bertz CT molecular complexity index is 6200. The first-order valence-electron chi connectivity index (χ1n) is 36.5. The van der Waals surface area contributed by atoms with E-state index in [9.17, 15) is 106 Å². The van der Waals surface area contributed by atoms with Crippen LogP contribution in [0.2, 0.25) is 0 Å². The molecule has 61 nitrogen and oxygen atoms in total. The molecule has 6 saturated heterocycles. The lowest BCUT2D eigenvalue weighted by Crippen LogP contribution is -2.33. The van der Waals surface area contributed by atoms with Crippen molar-refractivity contribution in [2.75, 3.05) is 68.3 Å². The number of nitrogens with zero attached hydrogens (tertiary/aromatic N) is 15. The zero-order chi connectivity index (χ0) is 89.9. The smallest absolute Gasteiger partial charge is 0.390 e. The van der Waals surface area contributed by atoms with Crippen LogP contribution in [-0.4, -0.2) is 249 Å². The highest BCUT2D eigenvalue weighted by Gasteiger charge is 2.51. The first kappa shape index (κ1) is 92.2. The summed E-state index contributed by atoms with van der Waals surface area (Å²) < 4.78 is 170. The maximum atomic E-state index is 13.6. The van der Waals surface area contributed by atoms with Crippen molar-refractivity contribution in [3.63, 3.8) is 0 Å². The number of nitrogens with two attached hydrogens (primary N) is 5. The Hall–Kier alpha value is -8.97. The molecule has 15 heterocycles. The van der Waals surface area contributed by atoms with Crippen molar-refractivity contribution >= 4 is 110 Å². The van der Waals surface area contributed by atoms with Gasteiger partial charge in [-0.1, -0.05) is 0 Å². The van der Waals surface area contributed by atoms with Gasteiger partial charge in [-0.3, -0.25) is 102 Å². The van der Waals surface area contributed by atoms with Gasteiger partial charge in [0.2, 0.25) is 11.9 Å². The second-order valence-corrected chi connectivity index (χ2v) is 36.3. The van der Waals surface area contributed by atoms with Crippen LogP contribution in [0, 0.1) is 6.92 Å². The van der Waals surface area contributed by atoms with Crippen LogP contribution < -0.4 is 62.4 Å². The molecule has 9 aromatic rings. The van der Waals surface area contributed by atoms with Crippen molar-refractivity contribution in [3.8, 4) is 0 Å². The summed E-state index contributed by atoms with van der Waals surface area (Å²) in [4.78, 5) is 197. The number of nitrogen functional groups attached to an aromatic ring is 5. The van der Waals surface area contributed by atoms with Crippen LogP contribution in [0.1, 0.15) is 81.5 Å². The van der Waals surface area contributed by atoms with Crippen LogP contribution in [0.3, 0.4) is 0 Å². The molecule has 0 bridgehead atoms. The van der Waals surface area contributed by atoms with Gasteiger partial charge >= 0.3 is 64.0 Å². The van der Waals surface area contributed by atoms with E-state index in [2.05, 4.69) is 68.9 Å². The van der Waals surface area contributed by atoms with E-state index in [1.807, 2.05) is 0 Å². The predicted octanol–water partition coefficient (Wildman–Crippen LogP) is -3.96. The quantitative estimate of drug-likeness (QED) is 0.0179. The van der Waals surface area contributed by atoms with E-state index >= 15 is 0 Å². The van der Waals surface area contributed by atoms with Gasteiger partial charge in [-0.2, -0.15) is 19.9 Å². The van der Waals surface area contributed by atoms with E-state index in [0.717, 1.165) is 26.2 Å². The van der Waals surface area contributed by atoms with Crippen molar-refractivity contribution in [2.24, 2.45) is 0 Å². The van der Waals surface area contributed by atoms with Crippen LogP contribution in [0.4, 0.5) is 29.4 Å². The molecule has 0 saturated carbocycles. The number of aromatic nitrogens is 18. The molecule has 682 valence electrons. The molecule has 15 rings (SSSR count). The third-order valence-corrected chi connectivity index (χ3v) is 24.6. The second kappa shape index (κ2) is 36.6. The maximum Gasteiger partial charge on any atom is 0.472 e. The average molecular weight is 1890 g/mol. The highest BCUT2D eigenvalue weighted by atomic mass is 31.2. The van der Waals surface area contributed by atoms with Crippen molar-refractivity contribution in [1.29, 1.82) is 0 Å². The van der Waals surface area contributed by atoms with Crippen LogP contribution in [-0.2, 0) is 101 Å². The van der Waals surface area contributed by atoms with E-state index in [0.29, 0.717) is 11.2 Å². The van der Waals surface area contributed by atoms with E-state index in [4.69, 9.17) is 93.3 Å². The number of hydrogen-bond acceptors (Lipinski definition) is 44. The minimum atomic E-state index is -5.25. The lowest BCUT2D eigenvalue weighted by molar-refractivity contribution is -0.0616. The first-order valence-corrected chi connectivity index (χ1v) is 45.5. The van der Waals surface area contributed by atoms with Crippen molar-refractivity contribution < 1.29 is 150 Å². The molecule has 125 heavy (non-hydrogen) atoms. The van der Waals surface area contributed by atoms with E-state index in [1.54, 1.807) is 0 Å². The number of aliphatic hydroxyl groups excluding tert-OH is 2. The highest BCUT2D eigenvalue weighted by molar-refractivity contribution is 7.48. The zero-order valence-electron chi connectivity index (χ0n) is 63.8. The van der Waals surface area contributed by atoms with Crippen molar-refractivity contribution in [3.05, 3.63) is 124 Å². The number of aliphatic hydroxyl groups is 2. The fourth-order valence-corrected chi connectivity index (χ4v) is 18.4. The van der Waals surface area contributed by atoms with Gasteiger partial charge in [-0.15, -0.1) is 0 Å². The number of anilines is 5. The molecule has 0 spiro atoms. The largest absolute Gasteiger partial charge is 0.472 e. The highest BCUT2D eigenvalue weighted by Crippen LogP contribution is 2.55. The van der Waals surface area contributed by atoms with Gasteiger partial charge < -0.3 is 106 Å². The summed E-state index contributed by atoms with van der Waals surface area (Å²) in [6.45, 7) is -3.61. The van der Waals surface area contributed by atoms with Crippen LogP contribution in [0.25, 0.3) is 33.5 Å². The van der Waals surface area contributed by atoms with Crippen LogP contribution >= 0.6 is 46.9 Å². The zero-order valence-corrected chi connectivity index (χ0v) is 69.1. The number of nitrogens with one attached hydrogen (secondary N) is 3. The summed E-state index contributed by atoms with van der Waals surface area (Å²) in [6.07, 6.45) is -16.7. The minimum absolute atomic E-state index is 0.0000829. The molecule has 6 fully saturated rings. The summed E-state index contributed by atoms with van der Waals surface area (Å²) in [5, 5.41) is 21.3. The molecule has 22 atom stereocenters. The third kappa shape index (κ3) is 22.1. The molecule has 4 unspecified atom stereocenters. The van der Waals surface area contributed by atoms with Crippen LogP contribution in [0.15, 0.2) is 84.8 Å². The van der Waals surface area contributed by atoms with Gasteiger partial charge in [0.25, 0.3) is 16.7 Å². The molecular weight excluding hydrogens is 1810 g/mol. The SMILES string of the molecule is Cc1cn([C@H]2C[C@H](OP(=O)(O)OC[C@H]3O[C@@H](n4ccc(N)nc4=O)C[C@@H]3OP(=O)(O)OC[C@H]3O[C@@H](n4ccc(N)nc4=O)C[C@@H]3O)[C@@H](COP(=O)(O)O)O2)c(=O)[nH]c1=O.Nc1nc2c(ncn2[C@H]2C[C@H](OP(=O)(O)OC[C@H]3O[C@@H](n4cnc5c(=O)[nH]c(N)nc54)C[C@@H]3OP(=O)(O)OC[C@H]3O[C@@H](n4cnc5c(N)ncnc54)C[C@@H]3O)[C@@H](COP(=O)(O)O)O2)c(=O)[nH]1. The number of phosphoric acid groups is 6. The maximum absolute atomic E-state index is 13.6. The summed E-state index contributed by atoms with van der Waals surface area (Å²) in [5.41, 5.74) is 24.0. The molecule has 6 aliphatic rings. The number of aryl methyl sites for hydroxylation is 1. The van der Waals surface area contributed by atoms with Crippen LogP contribution in [0.5, 0.6) is 0 Å². The number of hydrogen-bond donors (Lipinski definition) is 18. The fraction of sp³-hybridized carbons (Fsp3) is 0.534. The number of rotatable bonds is 32. The van der Waals surface area contributed by atoms with Crippen molar-refractivity contribution in [2.45, 2.75) is 156 Å². The van der Waals surface area contributed by atoms with Gasteiger partial charge in [0.05, 0.1) is 70.8 Å². The van der Waals surface area contributed by atoms with Gasteiger partial charge in [0.15, 0.2) is 33.8 Å². The number of fused-ring (bicyclic) bond motifs is 3. The Morgan fingerprint density at radius 2 is 0.728 bits per heavy atom. The molecule has 9 aromatic heterocycles. The summed E-state index contributed by atoms with van der Waals surface area (Å²) in [5.74, 6) is -0.620. The number of aromatic amines is 3. The Morgan fingerprint density at radius 3 is 1.11 bits per heavy atom. The van der Waals surface area contributed by atoms with E-state index < -0.39 is 237 Å². The Kier molecular flexibility index (Phi) is 27.0. The summed E-state index contributed by atoms with van der Waals surface area (Å²) in [6, 6.07) is 2.58. The summed E-state index contributed by atoms with van der Waals surface area (Å²) >= 11 is 0. The fourth-order valence-electron chi connectivity index (χ4n) is 13.9. The first-order chi connectivity index (χ1) is 58.8. The van der Waals surface area contributed by atoms with E-state index in [-0.39, 0.29) is 89.3 Å². The Balaban J connectivity index is 0.000000205. The Morgan fingerprint density at radius 1 is 0.400 bits per heavy atom. The minimum Gasteiger partial charge on any atom is -0.390 e. The molecule has 23 N–H and O–H groups in total. The molecule has 0 radical (unpaired) electrons. The average Bonchev–Trinajstić information content (AvgIpc) is 1.63. The van der Waals surface area contributed by atoms with Gasteiger partial charge in [-0.05, 0) is 19.1 Å². The monoisotopic (exact) mass is 1890 g/mol. The van der Waals surface area contributed by atoms with E-state index in [1.165, 1.54) is 64.1 Å². The Labute approximate surface area is 693 Å². The van der Waals surface area contributed by atoms with Gasteiger partial charge in [0, 0.05) is 62.7 Å². The third-order valence-electron chi connectivity index (χ3n) is 19.6. The van der Waals surface area contributed by atoms with Crippen molar-refractivity contribution in [1.82, 2.24) is 87.2 Å². The van der Waals surface area contributed by atoms with Gasteiger partial charge in [-0.25, -0.2) is 66.7 Å². The normalized spacial score (nSPS) is 28.6. The number of H-pyrrole nitrogens is 3.